The van der Waals surface area contributed by atoms with Crippen molar-refractivity contribution in [3.05, 3.63) is 23.3 Å². The predicted molar refractivity (Wildman–Crippen MR) is 82.9 cm³/mol. The van der Waals surface area contributed by atoms with Crippen LogP contribution >= 0.6 is 0 Å². The van der Waals surface area contributed by atoms with Gasteiger partial charge >= 0.3 is 12.4 Å². The summed E-state index contributed by atoms with van der Waals surface area (Å²) < 4.78 is 78.6. The van der Waals surface area contributed by atoms with Crippen molar-refractivity contribution in [2.75, 3.05) is 22.9 Å². The van der Waals surface area contributed by atoms with Crippen LogP contribution in [0.15, 0.2) is 12.1 Å². The number of nitrogen functional groups attached to an aromatic ring is 4. The molecule has 0 saturated carbocycles. The van der Waals surface area contributed by atoms with Crippen LogP contribution in [0.5, 0.6) is 11.5 Å². The Labute approximate surface area is 141 Å². The summed E-state index contributed by atoms with van der Waals surface area (Å²) in [7, 11) is 0. The third-order valence-electron chi connectivity index (χ3n) is 3.62. The van der Waals surface area contributed by atoms with Gasteiger partial charge in [-0.25, -0.2) is 0 Å². The van der Waals surface area contributed by atoms with E-state index in [4.69, 9.17) is 22.9 Å². The minimum Gasteiger partial charge on any atom is -0.506 e. The molecule has 0 amide bonds. The Bertz CT molecular complexity index is 893. The highest BCUT2D eigenvalue weighted by Gasteiger charge is 2.40. The third-order valence-corrected chi connectivity index (χ3v) is 3.62. The highest BCUT2D eigenvalue weighted by molar-refractivity contribution is 5.97. The van der Waals surface area contributed by atoms with Gasteiger partial charge in [-0.3, -0.25) is 0 Å². The van der Waals surface area contributed by atoms with Crippen LogP contribution in [0.1, 0.15) is 11.1 Å². The molecule has 12 heteroatoms. The van der Waals surface area contributed by atoms with Crippen molar-refractivity contribution in [2.24, 2.45) is 0 Å². The van der Waals surface area contributed by atoms with Crippen LogP contribution in [-0.2, 0) is 12.4 Å². The Hall–Kier alpha value is -3.18. The molecular weight excluding hydrogens is 370 g/mol. The van der Waals surface area contributed by atoms with Gasteiger partial charge in [0.1, 0.15) is 11.3 Å². The van der Waals surface area contributed by atoms with Gasteiger partial charge in [0.05, 0.1) is 28.3 Å². The second-order valence-electron chi connectivity index (χ2n) is 5.29. The van der Waals surface area contributed by atoms with Crippen molar-refractivity contribution in [2.45, 2.75) is 12.4 Å². The van der Waals surface area contributed by atoms with Crippen LogP contribution in [-0.4, -0.2) is 10.2 Å². The summed E-state index contributed by atoms with van der Waals surface area (Å²) in [6.07, 6.45) is -10.2. The Kier molecular flexibility index (Phi) is 4.18. The van der Waals surface area contributed by atoms with E-state index in [1.165, 1.54) is 0 Å². The molecule has 0 radical (unpaired) electrons. The minimum absolute atomic E-state index is 0.354. The summed E-state index contributed by atoms with van der Waals surface area (Å²) in [5.41, 5.74) is 12.6. The highest BCUT2D eigenvalue weighted by atomic mass is 19.4. The quantitative estimate of drug-likeness (QED) is 0.193. The number of nitrogens with two attached hydrogens (primary N) is 4. The lowest BCUT2D eigenvalue weighted by atomic mass is 9.93. The van der Waals surface area contributed by atoms with Crippen LogP contribution in [0.3, 0.4) is 0 Å². The van der Waals surface area contributed by atoms with Crippen molar-refractivity contribution >= 4 is 22.7 Å². The van der Waals surface area contributed by atoms with Crippen molar-refractivity contribution in [3.8, 4) is 22.6 Å². The fraction of sp³-hybridized carbons (Fsp3) is 0.143. The molecule has 0 heterocycles. The van der Waals surface area contributed by atoms with Gasteiger partial charge in [0.2, 0.25) is 0 Å². The normalized spacial score (nSPS) is 12.4. The van der Waals surface area contributed by atoms with Crippen LogP contribution in [0, 0.1) is 0 Å². The van der Waals surface area contributed by atoms with Gasteiger partial charge in [-0.05, 0) is 17.7 Å². The molecule has 0 aromatic heterocycles. The van der Waals surface area contributed by atoms with E-state index >= 15 is 0 Å². The summed E-state index contributed by atoms with van der Waals surface area (Å²) in [6, 6.07) is 0.995. The number of halogens is 6. The molecule has 0 aliphatic heterocycles. The Morgan fingerprint density at radius 3 is 1.69 bits per heavy atom. The van der Waals surface area contributed by atoms with E-state index < -0.39 is 68.9 Å². The average Bonchev–Trinajstić information content (AvgIpc) is 2.46. The molecule has 2 aromatic carbocycles. The SMILES string of the molecule is Nc1c(O)cc(-c2c(N)c(O)c(N)c(C(F)(F)F)c2N)cc1C(F)(F)F. The largest absolute Gasteiger partial charge is 0.506 e. The topological polar surface area (TPSA) is 145 Å². The smallest absolute Gasteiger partial charge is 0.420 e. The maximum atomic E-state index is 13.2. The van der Waals surface area contributed by atoms with Crippen molar-refractivity contribution in [1.82, 2.24) is 0 Å². The fourth-order valence-electron chi connectivity index (χ4n) is 2.43. The van der Waals surface area contributed by atoms with Crippen LogP contribution in [0.25, 0.3) is 11.1 Å². The van der Waals surface area contributed by atoms with Gasteiger partial charge in [0.25, 0.3) is 0 Å². The Balaban J connectivity index is 2.95. The van der Waals surface area contributed by atoms with Crippen molar-refractivity contribution < 1.29 is 36.6 Å². The van der Waals surface area contributed by atoms with Crippen LogP contribution < -0.4 is 22.9 Å². The average molecular weight is 382 g/mol. The van der Waals surface area contributed by atoms with Gasteiger partial charge in [0, 0.05) is 5.56 Å². The van der Waals surface area contributed by atoms with E-state index in [1.54, 1.807) is 0 Å². The standard InChI is InChI=1S/C14H12F6N4O2/c15-13(16,17)4-1-3(2-5(25)8(4)21)6-9(22)7(14(18,19)20)11(24)12(26)10(6)23/h1-2,25-26H,21-24H2. The summed E-state index contributed by atoms with van der Waals surface area (Å²) in [6.45, 7) is 0. The van der Waals surface area contributed by atoms with Crippen molar-refractivity contribution in [1.29, 1.82) is 0 Å². The molecule has 6 nitrogen and oxygen atoms in total. The number of rotatable bonds is 1. The van der Waals surface area contributed by atoms with E-state index in [-0.39, 0.29) is 0 Å². The molecule has 0 unspecified atom stereocenters. The van der Waals surface area contributed by atoms with E-state index in [1.807, 2.05) is 0 Å². The molecule has 10 N–H and O–H groups in total. The highest BCUT2D eigenvalue weighted by Crippen LogP contribution is 2.52. The summed E-state index contributed by atoms with van der Waals surface area (Å²) in [5, 5.41) is 19.4. The molecule has 2 aromatic rings. The maximum absolute atomic E-state index is 13.2. The molecule has 0 bridgehead atoms. The molecule has 0 fully saturated rings. The second-order valence-corrected chi connectivity index (χ2v) is 5.29. The number of alkyl halides is 6. The van der Waals surface area contributed by atoms with Crippen LogP contribution in [0.4, 0.5) is 49.1 Å². The molecule has 0 aliphatic carbocycles. The van der Waals surface area contributed by atoms with Gasteiger partial charge in [-0.1, -0.05) is 0 Å². The number of hydrogen-bond acceptors (Lipinski definition) is 6. The zero-order valence-electron chi connectivity index (χ0n) is 12.6. The molecule has 0 saturated heterocycles. The Morgan fingerprint density at radius 1 is 0.692 bits per heavy atom. The fourth-order valence-corrected chi connectivity index (χ4v) is 2.43. The lowest BCUT2D eigenvalue weighted by molar-refractivity contribution is -0.137. The molecule has 26 heavy (non-hydrogen) atoms. The van der Waals surface area contributed by atoms with Crippen LogP contribution in [0.2, 0.25) is 0 Å². The number of benzene rings is 2. The molecule has 2 rings (SSSR count). The monoisotopic (exact) mass is 382 g/mol. The molecule has 142 valence electrons. The molecule has 0 aliphatic rings. The number of anilines is 4. The molecular formula is C14H12F6N4O2. The molecule has 0 spiro atoms. The predicted octanol–water partition coefficient (Wildman–Crippen LogP) is 3.13. The lowest BCUT2D eigenvalue weighted by Crippen LogP contribution is -2.15. The lowest BCUT2D eigenvalue weighted by Gasteiger charge is -2.21. The van der Waals surface area contributed by atoms with E-state index in [2.05, 4.69) is 0 Å². The zero-order chi connectivity index (χ0) is 20.2. The summed E-state index contributed by atoms with van der Waals surface area (Å²) >= 11 is 0. The number of phenolic OH excluding ortho intramolecular Hbond substituents is 2. The second kappa shape index (κ2) is 5.68. The van der Waals surface area contributed by atoms with Gasteiger partial charge in [-0.15, -0.1) is 0 Å². The minimum atomic E-state index is -5.13. The number of phenols is 2. The van der Waals surface area contributed by atoms with E-state index in [9.17, 15) is 36.6 Å². The van der Waals surface area contributed by atoms with Gasteiger partial charge < -0.3 is 33.1 Å². The first-order chi connectivity index (χ1) is 11.7. The molecule has 0 atom stereocenters. The first-order valence-electron chi connectivity index (χ1n) is 6.64. The Morgan fingerprint density at radius 2 is 1.23 bits per heavy atom. The summed E-state index contributed by atoms with van der Waals surface area (Å²) in [4.78, 5) is 0. The maximum Gasteiger partial charge on any atom is 0.420 e. The summed E-state index contributed by atoms with van der Waals surface area (Å²) in [5.74, 6) is -2.26. The van der Waals surface area contributed by atoms with Gasteiger partial charge in [-0.2, -0.15) is 26.3 Å². The van der Waals surface area contributed by atoms with E-state index in [0.717, 1.165) is 0 Å². The van der Waals surface area contributed by atoms with E-state index in [0.29, 0.717) is 12.1 Å². The number of hydrogen-bond donors (Lipinski definition) is 6. The first-order valence-corrected chi connectivity index (χ1v) is 6.64. The third kappa shape index (κ3) is 2.93. The zero-order valence-corrected chi connectivity index (χ0v) is 12.6. The van der Waals surface area contributed by atoms with Gasteiger partial charge in [0.15, 0.2) is 5.75 Å². The first kappa shape index (κ1) is 19.1. The van der Waals surface area contributed by atoms with Crippen molar-refractivity contribution in [3.63, 3.8) is 0 Å². The number of aromatic hydroxyl groups is 2.